The molecule has 1 aromatic rings. The molecule has 1 aromatic heterocycles. The van der Waals surface area contributed by atoms with Gasteiger partial charge in [-0.3, -0.25) is 9.48 Å². The lowest BCUT2D eigenvalue weighted by Crippen LogP contribution is -2.32. The Balaban J connectivity index is 0.00000256. The van der Waals surface area contributed by atoms with Crippen LogP contribution in [0.2, 0.25) is 0 Å². The molecule has 0 spiro atoms. The largest absolute Gasteiger partial charge is 0.355 e. The van der Waals surface area contributed by atoms with Crippen LogP contribution in [-0.2, 0) is 11.3 Å². The molecule has 0 aliphatic carbocycles. The van der Waals surface area contributed by atoms with Gasteiger partial charge in [-0.25, -0.2) is 0 Å². The van der Waals surface area contributed by atoms with E-state index in [4.69, 9.17) is 0 Å². The molecular weight excluding hydrogens is 242 g/mol. The minimum atomic E-state index is 0. The van der Waals surface area contributed by atoms with E-state index in [1.54, 1.807) is 17.1 Å². The van der Waals surface area contributed by atoms with Crippen LogP contribution in [0.4, 0.5) is 0 Å². The molecule has 0 fully saturated rings. The van der Waals surface area contributed by atoms with Crippen LogP contribution < -0.4 is 10.6 Å². The average molecular weight is 262 g/mol. The molecule has 0 atom stereocenters. The molecule has 2 N–H and O–H groups in total. The number of hydrogen-bond acceptors (Lipinski definition) is 4. The van der Waals surface area contributed by atoms with Gasteiger partial charge in [-0.2, -0.15) is 0 Å². The molecule has 0 aliphatic rings. The van der Waals surface area contributed by atoms with E-state index in [1.165, 1.54) is 0 Å². The Morgan fingerprint density at radius 3 is 2.82 bits per heavy atom. The van der Waals surface area contributed by atoms with Crippen LogP contribution in [0, 0.1) is 0 Å². The third-order valence-electron chi connectivity index (χ3n) is 2.09. The van der Waals surface area contributed by atoms with E-state index in [1.807, 2.05) is 0 Å². The Labute approximate surface area is 108 Å². The number of aryl methyl sites for hydroxylation is 1. The van der Waals surface area contributed by atoms with Crippen molar-refractivity contribution >= 4 is 18.3 Å². The summed E-state index contributed by atoms with van der Waals surface area (Å²) in [6.45, 7) is 5.19. The van der Waals surface area contributed by atoms with Crippen LogP contribution in [0.5, 0.6) is 0 Å². The van der Waals surface area contributed by atoms with Crippen molar-refractivity contribution in [2.45, 2.75) is 26.3 Å². The maximum absolute atomic E-state index is 11.4. The number of rotatable bonds is 8. The lowest BCUT2D eigenvalue weighted by molar-refractivity contribution is -0.121. The number of halogens is 1. The van der Waals surface area contributed by atoms with Gasteiger partial charge in [0.2, 0.25) is 5.91 Å². The molecule has 7 heteroatoms. The second kappa shape index (κ2) is 10.0. The Bertz CT molecular complexity index is 291. The zero-order chi connectivity index (χ0) is 11.6. The highest BCUT2D eigenvalue weighted by Gasteiger charge is 2.00. The first-order valence-electron chi connectivity index (χ1n) is 5.64. The van der Waals surface area contributed by atoms with Gasteiger partial charge in [0.05, 0.1) is 12.7 Å². The van der Waals surface area contributed by atoms with Gasteiger partial charge in [0.15, 0.2) is 0 Å². The topological polar surface area (TPSA) is 71.8 Å². The fourth-order valence-electron chi connectivity index (χ4n) is 1.25. The molecule has 6 nitrogen and oxygen atoms in total. The van der Waals surface area contributed by atoms with Crippen LogP contribution in [0.15, 0.2) is 12.4 Å². The molecule has 1 heterocycles. The highest BCUT2D eigenvalue weighted by molar-refractivity contribution is 5.85. The molecule has 17 heavy (non-hydrogen) atoms. The smallest absolute Gasteiger partial charge is 0.221 e. The van der Waals surface area contributed by atoms with Crippen molar-refractivity contribution in [3.05, 3.63) is 12.4 Å². The van der Waals surface area contributed by atoms with Crippen LogP contribution in [0.1, 0.15) is 19.8 Å². The normalized spacial score (nSPS) is 9.71. The molecule has 0 aliphatic heterocycles. The first-order chi connectivity index (χ1) is 7.83. The van der Waals surface area contributed by atoms with Crippen LogP contribution >= 0.6 is 12.4 Å². The standard InChI is InChI=1S/C10H19N5O.ClH/c1-2-4-11-5-6-12-10(16)3-8-15-9-7-13-14-15;/h7,9,11H,2-6,8H2,1H3,(H,12,16);1H. The van der Waals surface area contributed by atoms with Gasteiger partial charge in [0, 0.05) is 25.7 Å². The molecule has 1 amide bonds. The van der Waals surface area contributed by atoms with Gasteiger partial charge in [0.25, 0.3) is 0 Å². The second-order valence-corrected chi connectivity index (χ2v) is 3.52. The van der Waals surface area contributed by atoms with Gasteiger partial charge < -0.3 is 10.6 Å². The highest BCUT2D eigenvalue weighted by Crippen LogP contribution is 1.86. The Hall–Kier alpha value is -1.14. The third kappa shape index (κ3) is 7.70. The van der Waals surface area contributed by atoms with E-state index >= 15 is 0 Å². The van der Waals surface area contributed by atoms with Crippen LogP contribution in [0.3, 0.4) is 0 Å². The van der Waals surface area contributed by atoms with E-state index < -0.39 is 0 Å². The quantitative estimate of drug-likeness (QED) is 0.656. The summed E-state index contributed by atoms with van der Waals surface area (Å²) in [5.41, 5.74) is 0. The zero-order valence-corrected chi connectivity index (χ0v) is 10.9. The van der Waals surface area contributed by atoms with Gasteiger partial charge in [-0.15, -0.1) is 17.5 Å². The zero-order valence-electron chi connectivity index (χ0n) is 10.1. The van der Waals surface area contributed by atoms with Crippen molar-refractivity contribution < 1.29 is 4.79 Å². The van der Waals surface area contributed by atoms with Crippen LogP contribution in [-0.4, -0.2) is 40.5 Å². The SMILES string of the molecule is CCCNCCNC(=O)CCn1ccnn1.Cl. The maximum Gasteiger partial charge on any atom is 0.221 e. The highest BCUT2D eigenvalue weighted by atomic mass is 35.5. The minimum absolute atomic E-state index is 0. The summed E-state index contributed by atoms with van der Waals surface area (Å²) in [6.07, 6.45) is 4.90. The molecule has 0 aromatic carbocycles. The van der Waals surface area contributed by atoms with E-state index in [0.717, 1.165) is 19.5 Å². The summed E-state index contributed by atoms with van der Waals surface area (Å²) < 4.78 is 1.65. The second-order valence-electron chi connectivity index (χ2n) is 3.52. The van der Waals surface area contributed by atoms with Crippen LogP contribution in [0.25, 0.3) is 0 Å². The molecule has 0 radical (unpaired) electrons. The van der Waals surface area contributed by atoms with E-state index in [-0.39, 0.29) is 18.3 Å². The first kappa shape index (κ1) is 15.9. The van der Waals surface area contributed by atoms with Crippen molar-refractivity contribution in [1.82, 2.24) is 25.6 Å². The number of hydrogen-bond donors (Lipinski definition) is 2. The van der Waals surface area contributed by atoms with Gasteiger partial charge in [0.1, 0.15) is 0 Å². The Morgan fingerprint density at radius 2 is 2.18 bits per heavy atom. The predicted molar refractivity (Wildman–Crippen MR) is 68.1 cm³/mol. The number of carbonyl (C=O) groups excluding carboxylic acids is 1. The third-order valence-corrected chi connectivity index (χ3v) is 2.09. The number of nitrogens with one attached hydrogen (secondary N) is 2. The molecule has 0 unspecified atom stereocenters. The fraction of sp³-hybridized carbons (Fsp3) is 0.700. The van der Waals surface area contributed by atoms with Gasteiger partial charge >= 0.3 is 0 Å². The summed E-state index contributed by atoms with van der Waals surface area (Å²) in [5, 5.41) is 13.5. The molecule has 0 saturated heterocycles. The van der Waals surface area contributed by atoms with Gasteiger partial charge in [-0.05, 0) is 13.0 Å². The Morgan fingerprint density at radius 1 is 1.35 bits per heavy atom. The number of aromatic nitrogens is 3. The maximum atomic E-state index is 11.4. The van der Waals surface area contributed by atoms with Crippen molar-refractivity contribution in [2.24, 2.45) is 0 Å². The van der Waals surface area contributed by atoms with Crippen molar-refractivity contribution in [1.29, 1.82) is 0 Å². The summed E-state index contributed by atoms with van der Waals surface area (Å²) in [6, 6.07) is 0. The van der Waals surface area contributed by atoms with Gasteiger partial charge in [-0.1, -0.05) is 12.1 Å². The summed E-state index contributed by atoms with van der Waals surface area (Å²) in [7, 11) is 0. The summed E-state index contributed by atoms with van der Waals surface area (Å²) in [5.74, 6) is 0.0498. The minimum Gasteiger partial charge on any atom is -0.355 e. The Kier molecular flexibility index (Phi) is 9.37. The number of amides is 1. The number of carbonyl (C=O) groups is 1. The lowest BCUT2D eigenvalue weighted by atomic mass is 10.4. The molecule has 1 rings (SSSR count). The van der Waals surface area contributed by atoms with Crippen molar-refractivity contribution in [3.63, 3.8) is 0 Å². The average Bonchev–Trinajstić information content (AvgIpc) is 2.79. The summed E-state index contributed by atoms with van der Waals surface area (Å²) in [4.78, 5) is 11.4. The fourth-order valence-corrected chi connectivity index (χ4v) is 1.25. The summed E-state index contributed by atoms with van der Waals surface area (Å²) >= 11 is 0. The predicted octanol–water partition coefficient (Wildman–Crippen LogP) is 0.206. The van der Waals surface area contributed by atoms with E-state index in [0.29, 0.717) is 19.5 Å². The monoisotopic (exact) mass is 261 g/mol. The van der Waals surface area contributed by atoms with Crippen molar-refractivity contribution in [3.8, 4) is 0 Å². The molecule has 98 valence electrons. The molecule has 0 bridgehead atoms. The molecular formula is C10H20ClN5O. The van der Waals surface area contributed by atoms with Crippen molar-refractivity contribution in [2.75, 3.05) is 19.6 Å². The lowest BCUT2D eigenvalue weighted by Gasteiger charge is -2.05. The van der Waals surface area contributed by atoms with E-state index in [2.05, 4.69) is 27.9 Å². The van der Waals surface area contributed by atoms with E-state index in [9.17, 15) is 4.79 Å². The molecule has 0 saturated carbocycles. The first-order valence-corrected chi connectivity index (χ1v) is 5.64. The number of nitrogens with zero attached hydrogens (tertiary/aromatic N) is 3.